The Hall–Kier alpha value is -1.34. The minimum Gasteiger partial charge on any atom is -0.369 e. The summed E-state index contributed by atoms with van der Waals surface area (Å²) in [4.78, 5) is 30.6. The van der Waals surface area contributed by atoms with Gasteiger partial charge in [0.1, 0.15) is 4.83 Å². The molecular weight excluding hydrogens is 318 g/mol. The number of primary amides is 1. The van der Waals surface area contributed by atoms with Gasteiger partial charge in [-0.2, -0.15) is 0 Å². The second-order valence-corrected chi connectivity index (χ2v) is 7.76. The third kappa shape index (κ3) is 2.67. The maximum absolute atomic E-state index is 12.8. The third-order valence-corrected chi connectivity index (χ3v) is 6.19. The van der Waals surface area contributed by atoms with Crippen LogP contribution in [0.25, 0.3) is 10.2 Å². The predicted molar refractivity (Wildman–Crippen MR) is 90.7 cm³/mol. The Kier molecular flexibility index (Phi) is 4.27. The second-order valence-electron chi connectivity index (χ2n) is 5.73. The zero-order valence-corrected chi connectivity index (χ0v) is 14.4. The lowest BCUT2D eigenvalue weighted by atomic mass is 9.89. The fraction of sp³-hybridized carbons (Fsp3) is 0.533. The molecule has 0 unspecified atom stereocenters. The molecule has 0 saturated carbocycles. The van der Waals surface area contributed by atoms with Gasteiger partial charge in [0.05, 0.1) is 11.1 Å². The van der Waals surface area contributed by atoms with Crippen LogP contribution in [0.4, 0.5) is 0 Å². The van der Waals surface area contributed by atoms with Crippen LogP contribution < -0.4 is 11.3 Å². The van der Waals surface area contributed by atoms with Crippen LogP contribution in [0.5, 0.6) is 0 Å². The Morgan fingerprint density at radius 3 is 3.00 bits per heavy atom. The third-order valence-electron chi connectivity index (χ3n) is 4.04. The number of carbonyl (C=O) groups is 1. The molecule has 0 radical (unpaired) electrons. The van der Waals surface area contributed by atoms with Crippen molar-refractivity contribution in [3.05, 3.63) is 20.8 Å². The summed E-state index contributed by atoms with van der Waals surface area (Å²) in [6.07, 6.45) is 3.12. The number of amides is 1. The first-order valence-corrected chi connectivity index (χ1v) is 9.27. The monoisotopic (exact) mass is 337 g/mol. The van der Waals surface area contributed by atoms with Crippen LogP contribution in [0, 0.1) is 5.92 Å². The summed E-state index contributed by atoms with van der Waals surface area (Å²) in [7, 11) is 0. The Morgan fingerprint density at radius 1 is 1.55 bits per heavy atom. The topological polar surface area (TPSA) is 78.0 Å². The van der Waals surface area contributed by atoms with E-state index in [0.717, 1.165) is 29.5 Å². The maximum atomic E-state index is 12.8. The van der Waals surface area contributed by atoms with Crippen LogP contribution in [0.2, 0.25) is 0 Å². The number of fused-ring (bicyclic) bond motifs is 3. The molecule has 1 aliphatic rings. The van der Waals surface area contributed by atoms with Gasteiger partial charge in [0.15, 0.2) is 5.16 Å². The van der Waals surface area contributed by atoms with Gasteiger partial charge in [0.2, 0.25) is 5.91 Å². The molecule has 0 aliphatic heterocycles. The largest absolute Gasteiger partial charge is 0.369 e. The molecule has 0 fully saturated rings. The van der Waals surface area contributed by atoms with E-state index in [1.54, 1.807) is 15.9 Å². The summed E-state index contributed by atoms with van der Waals surface area (Å²) in [6.45, 7) is 4.72. The number of aryl methyl sites for hydroxylation is 1. The molecule has 2 N–H and O–H groups in total. The summed E-state index contributed by atoms with van der Waals surface area (Å²) >= 11 is 2.87. The summed E-state index contributed by atoms with van der Waals surface area (Å²) in [5, 5.41) is 1.38. The molecule has 7 heteroatoms. The Balaban J connectivity index is 2.15. The van der Waals surface area contributed by atoms with Gasteiger partial charge in [-0.05, 0) is 37.7 Å². The van der Waals surface area contributed by atoms with Crippen LogP contribution in [0.1, 0.15) is 30.7 Å². The normalized spacial score (nSPS) is 17.6. The molecule has 2 aromatic rings. The number of thioether (sulfide) groups is 1. The van der Waals surface area contributed by atoms with E-state index in [1.165, 1.54) is 22.2 Å². The first-order valence-electron chi connectivity index (χ1n) is 7.47. The van der Waals surface area contributed by atoms with Gasteiger partial charge < -0.3 is 5.73 Å². The molecule has 3 rings (SSSR count). The summed E-state index contributed by atoms with van der Waals surface area (Å²) < 4.78 is 1.65. The molecule has 0 bridgehead atoms. The molecule has 118 valence electrons. The van der Waals surface area contributed by atoms with Crippen LogP contribution in [0.15, 0.2) is 9.95 Å². The molecule has 1 atom stereocenters. The van der Waals surface area contributed by atoms with Crippen molar-refractivity contribution in [3.63, 3.8) is 0 Å². The number of nitrogens with two attached hydrogens (primary N) is 1. The van der Waals surface area contributed by atoms with Gasteiger partial charge in [0, 0.05) is 11.4 Å². The molecule has 1 aliphatic carbocycles. The van der Waals surface area contributed by atoms with Crippen LogP contribution in [0.3, 0.4) is 0 Å². The standard InChI is InChI=1S/C15H19N3O2S2/c1-3-18-14(20)12-9-5-4-8(2)6-10(9)22-13(12)17-15(18)21-7-11(16)19/h8H,3-7H2,1-2H3,(H2,16,19)/t8-/m1/s1. The highest BCUT2D eigenvalue weighted by atomic mass is 32.2. The van der Waals surface area contributed by atoms with E-state index in [9.17, 15) is 9.59 Å². The fourth-order valence-corrected chi connectivity index (χ4v) is 5.16. The molecule has 0 spiro atoms. The first-order chi connectivity index (χ1) is 10.5. The average Bonchev–Trinajstić information content (AvgIpc) is 2.82. The molecule has 2 heterocycles. The van der Waals surface area contributed by atoms with E-state index in [-0.39, 0.29) is 11.3 Å². The molecule has 0 aromatic carbocycles. The van der Waals surface area contributed by atoms with E-state index in [4.69, 9.17) is 5.73 Å². The predicted octanol–water partition coefficient (Wildman–Crippen LogP) is 2.18. The van der Waals surface area contributed by atoms with Crippen molar-refractivity contribution in [1.29, 1.82) is 0 Å². The van der Waals surface area contributed by atoms with Crippen molar-refractivity contribution in [2.75, 3.05) is 5.75 Å². The molecule has 5 nitrogen and oxygen atoms in total. The molecule has 1 amide bonds. The number of nitrogens with zero attached hydrogens (tertiary/aromatic N) is 2. The summed E-state index contributed by atoms with van der Waals surface area (Å²) in [5.74, 6) is 0.402. The molecule has 22 heavy (non-hydrogen) atoms. The lowest BCUT2D eigenvalue weighted by Gasteiger charge is -2.17. The number of hydrogen-bond acceptors (Lipinski definition) is 5. The van der Waals surface area contributed by atoms with E-state index in [2.05, 4.69) is 11.9 Å². The van der Waals surface area contributed by atoms with Crippen molar-refractivity contribution in [2.45, 2.75) is 44.8 Å². The minimum absolute atomic E-state index is 0.0199. The van der Waals surface area contributed by atoms with E-state index >= 15 is 0 Å². The Bertz CT molecular complexity index is 794. The fourth-order valence-electron chi connectivity index (χ4n) is 2.93. The maximum Gasteiger partial charge on any atom is 0.263 e. The lowest BCUT2D eigenvalue weighted by Crippen LogP contribution is -2.24. The van der Waals surface area contributed by atoms with Crippen LogP contribution >= 0.6 is 23.1 Å². The minimum atomic E-state index is -0.402. The molecule has 0 saturated heterocycles. The second kappa shape index (κ2) is 6.04. The van der Waals surface area contributed by atoms with Crippen molar-refractivity contribution < 1.29 is 4.79 Å². The van der Waals surface area contributed by atoms with Gasteiger partial charge in [-0.1, -0.05) is 18.7 Å². The van der Waals surface area contributed by atoms with Crippen LogP contribution in [-0.2, 0) is 24.2 Å². The van der Waals surface area contributed by atoms with Gasteiger partial charge in [0.25, 0.3) is 5.56 Å². The lowest BCUT2D eigenvalue weighted by molar-refractivity contribution is -0.115. The van der Waals surface area contributed by atoms with Gasteiger partial charge in [-0.3, -0.25) is 14.2 Å². The van der Waals surface area contributed by atoms with E-state index in [1.807, 2.05) is 6.92 Å². The summed E-state index contributed by atoms with van der Waals surface area (Å²) in [6, 6.07) is 0. The Morgan fingerprint density at radius 2 is 2.32 bits per heavy atom. The highest BCUT2D eigenvalue weighted by molar-refractivity contribution is 7.99. The zero-order chi connectivity index (χ0) is 15.9. The number of rotatable bonds is 4. The quantitative estimate of drug-likeness (QED) is 0.685. The van der Waals surface area contributed by atoms with E-state index in [0.29, 0.717) is 17.6 Å². The van der Waals surface area contributed by atoms with Crippen molar-refractivity contribution >= 4 is 39.2 Å². The zero-order valence-electron chi connectivity index (χ0n) is 12.7. The van der Waals surface area contributed by atoms with Crippen molar-refractivity contribution in [3.8, 4) is 0 Å². The summed E-state index contributed by atoms with van der Waals surface area (Å²) in [5.41, 5.74) is 6.42. The number of thiophene rings is 1. The highest BCUT2D eigenvalue weighted by Gasteiger charge is 2.24. The Labute approximate surface area is 136 Å². The molecule has 2 aromatic heterocycles. The van der Waals surface area contributed by atoms with Gasteiger partial charge in [-0.25, -0.2) is 4.98 Å². The van der Waals surface area contributed by atoms with Crippen molar-refractivity contribution in [1.82, 2.24) is 9.55 Å². The van der Waals surface area contributed by atoms with E-state index < -0.39 is 5.91 Å². The number of hydrogen-bond donors (Lipinski definition) is 1. The SMILES string of the molecule is CCn1c(SCC(N)=O)nc2sc3c(c2c1=O)CC[C@@H](C)C3. The van der Waals surface area contributed by atoms with Crippen molar-refractivity contribution in [2.24, 2.45) is 11.7 Å². The molecular formula is C15H19N3O2S2. The average molecular weight is 337 g/mol. The van der Waals surface area contributed by atoms with Crippen LogP contribution in [-0.4, -0.2) is 21.2 Å². The number of carbonyl (C=O) groups excluding carboxylic acids is 1. The van der Waals surface area contributed by atoms with Gasteiger partial charge in [-0.15, -0.1) is 11.3 Å². The highest BCUT2D eigenvalue weighted by Crippen LogP contribution is 2.36. The van der Waals surface area contributed by atoms with Gasteiger partial charge >= 0.3 is 0 Å². The number of aromatic nitrogens is 2. The smallest absolute Gasteiger partial charge is 0.263 e. The first kappa shape index (κ1) is 15.6.